The highest BCUT2D eigenvalue weighted by molar-refractivity contribution is 7.87. The van der Waals surface area contributed by atoms with E-state index in [0.29, 0.717) is 19.0 Å². The highest BCUT2D eigenvalue weighted by Gasteiger charge is 2.31. The second-order valence-electron chi connectivity index (χ2n) is 5.47. The summed E-state index contributed by atoms with van der Waals surface area (Å²) in [4.78, 5) is 0. The standard InChI is InChI=1S/C11H24N4O3S/c1-8(2)10(11(12)13-16)14-19(17,18)15-6-4-5-9(3)7-15/h8-10,14,16H,4-7H2,1-3H3,(H2,12,13). The van der Waals surface area contributed by atoms with Crippen LogP contribution in [0.15, 0.2) is 5.16 Å². The van der Waals surface area contributed by atoms with E-state index in [-0.39, 0.29) is 11.8 Å². The van der Waals surface area contributed by atoms with E-state index in [2.05, 4.69) is 9.88 Å². The zero-order valence-corrected chi connectivity index (χ0v) is 12.5. The summed E-state index contributed by atoms with van der Waals surface area (Å²) in [5.41, 5.74) is 5.54. The fraction of sp³-hybridized carbons (Fsp3) is 0.909. The van der Waals surface area contributed by atoms with Crippen molar-refractivity contribution in [2.75, 3.05) is 13.1 Å². The molecule has 2 unspecified atom stereocenters. The number of amidine groups is 1. The van der Waals surface area contributed by atoms with Gasteiger partial charge in [0.05, 0.1) is 6.04 Å². The van der Waals surface area contributed by atoms with E-state index in [1.165, 1.54) is 4.31 Å². The fourth-order valence-electron chi connectivity index (χ4n) is 2.20. The smallest absolute Gasteiger partial charge is 0.280 e. The number of nitrogens with two attached hydrogens (primary N) is 1. The third kappa shape index (κ3) is 4.32. The molecule has 19 heavy (non-hydrogen) atoms. The summed E-state index contributed by atoms with van der Waals surface area (Å²) in [5, 5.41) is 11.6. The van der Waals surface area contributed by atoms with Crippen LogP contribution in [0.3, 0.4) is 0 Å². The van der Waals surface area contributed by atoms with Gasteiger partial charge in [0.15, 0.2) is 5.84 Å². The predicted molar refractivity (Wildman–Crippen MR) is 74.1 cm³/mol. The molecule has 1 aliphatic rings. The Labute approximate surface area is 115 Å². The maximum atomic E-state index is 12.3. The van der Waals surface area contributed by atoms with Crippen LogP contribution < -0.4 is 10.5 Å². The fourth-order valence-corrected chi connectivity index (χ4v) is 3.88. The number of piperidine rings is 1. The van der Waals surface area contributed by atoms with Crippen molar-refractivity contribution in [3.63, 3.8) is 0 Å². The molecular formula is C11H24N4O3S. The van der Waals surface area contributed by atoms with E-state index in [0.717, 1.165) is 12.8 Å². The van der Waals surface area contributed by atoms with Gasteiger partial charge >= 0.3 is 0 Å². The van der Waals surface area contributed by atoms with E-state index in [1.807, 2.05) is 20.8 Å². The maximum absolute atomic E-state index is 12.3. The largest absolute Gasteiger partial charge is 0.409 e. The van der Waals surface area contributed by atoms with Crippen LogP contribution >= 0.6 is 0 Å². The first-order valence-electron chi connectivity index (χ1n) is 6.52. The van der Waals surface area contributed by atoms with Crippen molar-refractivity contribution in [2.24, 2.45) is 22.7 Å². The number of oxime groups is 1. The summed E-state index contributed by atoms with van der Waals surface area (Å²) < 4.78 is 28.5. The van der Waals surface area contributed by atoms with Gasteiger partial charge in [0.1, 0.15) is 0 Å². The van der Waals surface area contributed by atoms with Crippen LogP contribution in [-0.2, 0) is 10.2 Å². The van der Waals surface area contributed by atoms with E-state index < -0.39 is 16.3 Å². The molecule has 1 saturated heterocycles. The summed E-state index contributed by atoms with van der Waals surface area (Å²) in [5.74, 6) is 0.128. The minimum absolute atomic E-state index is 0.104. The summed E-state index contributed by atoms with van der Waals surface area (Å²) in [7, 11) is -3.60. The average Bonchev–Trinajstić information content (AvgIpc) is 2.35. The van der Waals surface area contributed by atoms with E-state index >= 15 is 0 Å². The average molecular weight is 292 g/mol. The Balaban J connectivity index is 2.82. The topological polar surface area (TPSA) is 108 Å². The van der Waals surface area contributed by atoms with Gasteiger partial charge in [-0.15, -0.1) is 0 Å². The van der Waals surface area contributed by atoms with E-state index in [4.69, 9.17) is 10.9 Å². The lowest BCUT2D eigenvalue weighted by molar-refractivity contribution is 0.276. The Hall–Kier alpha value is -0.860. The van der Waals surface area contributed by atoms with E-state index in [9.17, 15) is 8.42 Å². The summed E-state index contributed by atoms with van der Waals surface area (Å²) in [6, 6.07) is -0.702. The van der Waals surface area contributed by atoms with Gasteiger partial charge in [-0.25, -0.2) is 0 Å². The third-order valence-electron chi connectivity index (χ3n) is 3.34. The highest BCUT2D eigenvalue weighted by Crippen LogP contribution is 2.18. The number of hydrogen-bond acceptors (Lipinski definition) is 4. The van der Waals surface area contributed by atoms with Gasteiger partial charge in [0.2, 0.25) is 0 Å². The molecule has 2 atom stereocenters. The molecule has 0 radical (unpaired) electrons. The number of nitrogens with one attached hydrogen (secondary N) is 1. The normalized spacial score (nSPS) is 24.6. The van der Waals surface area contributed by atoms with Crippen molar-refractivity contribution in [1.29, 1.82) is 0 Å². The quantitative estimate of drug-likeness (QED) is 0.293. The second-order valence-corrected chi connectivity index (χ2v) is 7.18. The molecule has 0 aromatic rings. The first kappa shape index (κ1) is 16.2. The molecule has 7 nitrogen and oxygen atoms in total. The van der Waals surface area contributed by atoms with Gasteiger partial charge in [-0.1, -0.05) is 25.9 Å². The van der Waals surface area contributed by atoms with Crippen LogP contribution in [0.2, 0.25) is 0 Å². The Morgan fingerprint density at radius 3 is 2.63 bits per heavy atom. The first-order valence-corrected chi connectivity index (χ1v) is 7.96. The highest BCUT2D eigenvalue weighted by atomic mass is 32.2. The van der Waals surface area contributed by atoms with Crippen LogP contribution in [0.1, 0.15) is 33.6 Å². The van der Waals surface area contributed by atoms with Gasteiger partial charge in [0, 0.05) is 13.1 Å². The van der Waals surface area contributed by atoms with Crippen LogP contribution in [0.5, 0.6) is 0 Å². The molecule has 0 aliphatic carbocycles. The molecule has 0 aromatic carbocycles. The van der Waals surface area contributed by atoms with Gasteiger partial charge in [-0.05, 0) is 24.7 Å². The minimum Gasteiger partial charge on any atom is -0.409 e. The Bertz CT molecular complexity index is 422. The molecule has 8 heteroatoms. The molecule has 0 aromatic heterocycles. The summed E-state index contributed by atoms with van der Waals surface area (Å²) >= 11 is 0. The van der Waals surface area contributed by atoms with Gasteiger partial charge < -0.3 is 10.9 Å². The lowest BCUT2D eigenvalue weighted by Gasteiger charge is -2.32. The lowest BCUT2D eigenvalue weighted by Crippen LogP contribution is -2.54. The molecule has 0 spiro atoms. The molecule has 4 N–H and O–H groups in total. The number of rotatable bonds is 5. The van der Waals surface area contributed by atoms with Crippen LogP contribution in [0.25, 0.3) is 0 Å². The zero-order valence-electron chi connectivity index (χ0n) is 11.7. The lowest BCUT2D eigenvalue weighted by atomic mass is 10.0. The van der Waals surface area contributed by atoms with Gasteiger partial charge in [-0.3, -0.25) is 0 Å². The Kier molecular flexibility index (Phi) is 5.57. The maximum Gasteiger partial charge on any atom is 0.280 e. The second kappa shape index (κ2) is 6.53. The molecule has 0 amide bonds. The SMILES string of the molecule is CC1CCCN(S(=O)(=O)NC(C(N)=NO)C(C)C)C1. The van der Waals surface area contributed by atoms with Crippen molar-refractivity contribution in [2.45, 2.75) is 39.7 Å². The van der Waals surface area contributed by atoms with Gasteiger partial charge in [0.25, 0.3) is 10.2 Å². The Morgan fingerprint density at radius 2 is 2.16 bits per heavy atom. The summed E-state index contributed by atoms with van der Waals surface area (Å²) in [6.07, 6.45) is 1.90. The van der Waals surface area contributed by atoms with Crippen LogP contribution in [0.4, 0.5) is 0 Å². The van der Waals surface area contributed by atoms with Crippen molar-refractivity contribution in [3.05, 3.63) is 0 Å². The van der Waals surface area contributed by atoms with Crippen molar-refractivity contribution >= 4 is 16.0 Å². The molecule has 1 rings (SSSR count). The molecule has 0 bridgehead atoms. The van der Waals surface area contributed by atoms with Crippen molar-refractivity contribution in [3.8, 4) is 0 Å². The first-order chi connectivity index (χ1) is 8.77. The molecule has 1 aliphatic heterocycles. The molecular weight excluding hydrogens is 268 g/mol. The van der Waals surface area contributed by atoms with Crippen LogP contribution in [0, 0.1) is 11.8 Å². The van der Waals surface area contributed by atoms with E-state index in [1.54, 1.807) is 0 Å². The number of nitrogens with zero attached hydrogens (tertiary/aromatic N) is 2. The van der Waals surface area contributed by atoms with Gasteiger partial charge in [-0.2, -0.15) is 17.4 Å². The van der Waals surface area contributed by atoms with Crippen LogP contribution in [-0.4, -0.2) is 42.9 Å². The zero-order chi connectivity index (χ0) is 14.6. The molecule has 112 valence electrons. The number of hydrogen-bond donors (Lipinski definition) is 3. The molecule has 1 fully saturated rings. The van der Waals surface area contributed by atoms with Crippen molar-refractivity contribution in [1.82, 2.24) is 9.03 Å². The third-order valence-corrected chi connectivity index (χ3v) is 4.90. The molecule has 0 saturated carbocycles. The molecule has 1 heterocycles. The minimum atomic E-state index is -3.60. The van der Waals surface area contributed by atoms with Crippen molar-refractivity contribution < 1.29 is 13.6 Å². The predicted octanol–water partition coefficient (Wildman–Crippen LogP) is 0.324. The Morgan fingerprint density at radius 1 is 1.53 bits per heavy atom. The monoisotopic (exact) mass is 292 g/mol. The summed E-state index contributed by atoms with van der Waals surface area (Å²) in [6.45, 7) is 6.68.